The summed E-state index contributed by atoms with van der Waals surface area (Å²) in [7, 11) is 0. The Balaban J connectivity index is 3.65. The van der Waals surface area contributed by atoms with E-state index in [0.29, 0.717) is 6.07 Å². The number of nitro benzene ring substituents is 2. The van der Waals surface area contributed by atoms with Crippen molar-refractivity contribution in [2.75, 3.05) is 0 Å². The van der Waals surface area contributed by atoms with Crippen molar-refractivity contribution in [3.05, 3.63) is 42.2 Å². The van der Waals surface area contributed by atoms with Crippen molar-refractivity contribution < 1.29 is 14.2 Å². The molecule has 0 amide bonds. The number of nitro groups is 2. The Kier molecular flexibility index (Phi) is 3.06. The highest BCUT2D eigenvalue weighted by molar-refractivity contribution is 6.36. The predicted octanol–water partition coefficient (Wildman–Crippen LogP) is 2.95. The molecule has 0 aliphatic rings. The first kappa shape index (κ1) is 11.6. The number of hydrogen-bond acceptors (Lipinski definition) is 4. The van der Waals surface area contributed by atoms with E-state index in [1.165, 1.54) is 0 Å². The Morgan fingerprint density at radius 1 is 1.20 bits per heavy atom. The molecule has 0 fully saturated rings. The lowest BCUT2D eigenvalue weighted by Crippen LogP contribution is -1.99. The van der Waals surface area contributed by atoms with Gasteiger partial charge in [-0.05, 0) is 0 Å². The molecule has 15 heavy (non-hydrogen) atoms. The topological polar surface area (TPSA) is 86.3 Å². The van der Waals surface area contributed by atoms with E-state index in [4.69, 9.17) is 23.2 Å². The van der Waals surface area contributed by atoms with Crippen molar-refractivity contribution in [3.63, 3.8) is 0 Å². The Morgan fingerprint density at radius 3 is 2.13 bits per heavy atom. The third kappa shape index (κ3) is 1.97. The highest BCUT2D eigenvalue weighted by atomic mass is 35.5. The van der Waals surface area contributed by atoms with Crippen LogP contribution in [0.3, 0.4) is 0 Å². The number of hydrogen-bond donors (Lipinski definition) is 0. The number of benzene rings is 1. The Labute approximate surface area is 91.5 Å². The molecule has 0 heterocycles. The van der Waals surface area contributed by atoms with Crippen LogP contribution < -0.4 is 0 Å². The van der Waals surface area contributed by atoms with E-state index in [-0.39, 0.29) is 0 Å². The number of rotatable bonds is 2. The summed E-state index contributed by atoms with van der Waals surface area (Å²) in [6.07, 6.45) is 0. The standard InChI is InChI=1S/C6HCl2FN2O4/c7-2-1-3(10(12)13)6(11(14)15)4(8)5(2)9/h1H. The van der Waals surface area contributed by atoms with Crippen molar-refractivity contribution in [2.45, 2.75) is 0 Å². The molecule has 0 atom stereocenters. The summed E-state index contributed by atoms with van der Waals surface area (Å²) in [5, 5.41) is 19.2. The first-order valence-electron chi connectivity index (χ1n) is 3.32. The van der Waals surface area contributed by atoms with Gasteiger partial charge in [-0.2, -0.15) is 0 Å². The smallest absolute Gasteiger partial charge is 0.258 e. The quantitative estimate of drug-likeness (QED) is 0.461. The maximum atomic E-state index is 13.0. The van der Waals surface area contributed by atoms with E-state index >= 15 is 0 Å². The molecule has 0 radical (unpaired) electrons. The predicted molar refractivity (Wildman–Crippen MR) is 49.7 cm³/mol. The summed E-state index contributed by atoms with van der Waals surface area (Å²) in [6.45, 7) is 0. The zero-order chi connectivity index (χ0) is 11.7. The first-order valence-corrected chi connectivity index (χ1v) is 4.08. The first-order chi connectivity index (χ1) is 6.86. The van der Waals surface area contributed by atoms with Gasteiger partial charge in [-0.25, -0.2) is 4.39 Å². The molecule has 6 nitrogen and oxygen atoms in total. The largest absolute Gasteiger partial charge is 0.367 e. The second-order valence-electron chi connectivity index (χ2n) is 2.37. The van der Waals surface area contributed by atoms with E-state index in [2.05, 4.69) is 0 Å². The molecule has 9 heteroatoms. The van der Waals surface area contributed by atoms with Crippen LogP contribution in [0.1, 0.15) is 0 Å². The molecule has 0 aliphatic carbocycles. The summed E-state index contributed by atoms with van der Waals surface area (Å²) in [4.78, 5) is 18.6. The molecule has 0 spiro atoms. The molecule has 0 bridgehead atoms. The molecule has 0 saturated heterocycles. The van der Waals surface area contributed by atoms with Crippen LogP contribution in [0.4, 0.5) is 15.8 Å². The van der Waals surface area contributed by atoms with Crippen LogP contribution in [0.15, 0.2) is 6.07 Å². The zero-order valence-corrected chi connectivity index (χ0v) is 8.25. The van der Waals surface area contributed by atoms with Crippen LogP contribution in [0.25, 0.3) is 0 Å². The van der Waals surface area contributed by atoms with Crippen molar-refractivity contribution in [2.24, 2.45) is 0 Å². The van der Waals surface area contributed by atoms with Crippen LogP contribution in [-0.4, -0.2) is 9.85 Å². The SMILES string of the molecule is O=[N+]([O-])c1cc(Cl)c(F)c(Cl)c1[N+](=O)[O-]. The van der Waals surface area contributed by atoms with Crippen LogP contribution in [0.2, 0.25) is 10.0 Å². The van der Waals surface area contributed by atoms with Gasteiger partial charge in [0.05, 0.1) is 14.9 Å². The minimum atomic E-state index is -1.25. The van der Waals surface area contributed by atoms with Gasteiger partial charge in [-0.1, -0.05) is 23.2 Å². The fourth-order valence-corrected chi connectivity index (χ4v) is 1.40. The Bertz CT molecular complexity index is 465. The van der Waals surface area contributed by atoms with Crippen molar-refractivity contribution in [1.82, 2.24) is 0 Å². The van der Waals surface area contributed by atoms with Crippen LogP contribution in [0, 0.1) is 26.0 Å². The lowest BCUT2D eigenvalue weighted by atomic mass is 10.2. The molecule has 0 aromatic heterocycles. The van der Waals surface area contributed by atoms with Crippen molar-refractivity contribution in [1.29, 1.82) is 0 Å². The van der Waals surface area contributed by atoms with E-state index in [1.807, 2.05) is 0 Å². The van der Waals surface area contributed by atoms with E-state index in [9.17, 15) is 24.6 Å². The molecule has 80 valence electrons. The minimum Gasteiger partial charge on any atom is -0.258 e. The normalized spacial score (nSPS) is 10.1. The van der Waals surface area contributed by atoms with Crippen LogP contribution in [-0.2, 0) is 0 Å². The lowest BCUT2D eigenvalue weighted by Gasteiger charge is -2.00. The van der Waals surface area contributed by atoms with Crippen molar-refractivity contribution in [3.8, 4) is 0 Å². The molecule has 1 rings (SSSR count). The summed E-state index contributed by atoms with van der Waals surface area (Å²) in [5.74, 6) is -1.25. The highest BCUT2D eigenvalue weighted by Crippen LogP contribution is 2.39. The maximum absolute atomic E-state index is 13.0. The minimum absolute atomic E-state index is 0.543. The summed E-state index contributed by atoms with van der Waals surface area (Å²) >= 11 is 10.5. The number of halogens is 3. The van der Waals surface area contributed by atoms with Crippen molar-refractivity contribution >= 4 is 34.6 Å². The van der Waals surface area contributed by atoms with Gasteiger partial charge in [0.2, 0.25) is 0 Å². The fraction of sp³-hybridized carbons (Fsp3) is 0. The van der Waals surface area contributed by atoms with Gasteiger partial charge in [0.25, 0.3) is 0 Å². The second-order valence-corrected chi connectivity index (χ2v) is 3.15. The number of nitrogens with zero attached hydrogens (tertiary/aromatic N) is 2. The van der Waals surface area contributed by atoms with E-state index in [1.54, 1.807) is 0 Å². The molecular weight excluding hydrogens is 254 g/mol. The van der Waals surface area contributed by atoms with Gasteiger partial charge < -0.3 is 0 Å². The van der Waals surface area contributed by atoms with Gasteiger partial charge >= 0.3 is 11.4 Å². The van der Waals surface area contributed by atoms with E-state index < -0.39 is 37.1 Å². The zero-order valence-electron chi connectivity index (χ0n) is 6.74. The third-order valence-electron chi connectivity index (χ3n) is 1.50. The third-order valence-corrected chi connectivity index (χ3v) is 2.12. The summed E-state index contributed by atoms with van der Waals surface area (Å²) in [6, 6.07) is 0.543. The van der Waals surface area contributed by atoms with Gasteiger partial charge in [-0.15, -0.1) is 0 Å². The second kappa shape index (κ2) is 3.95. The molecule has 0 unspecified atom stereocenters. The lowest BCUT2D eigenvalue weighted by molar-refractivity contribution is -0.422. The monoisotopic (exact) mass is 254 g/mol. The summed E-state index contributed by atoms with van der Waals surface area (Å²) < 4.78 is 13.0. The molecule has 0 N–H and O–H groups in total. The highest BCUT2D eigenvalue weighted by Gasteiger charge is 2.32. The molecule has 0 saturated carbocycles. The summed E-state index contributed by atoms with van der Waals surface area (Å²) in [5.41, 5.74) is -2.06. The van der Waals surface area contributed by atoms with Gasteiger partial charge in [0.15, 0.2) is 10.8 Å². The molecule has 0 aliphatic heterocycles. The average molecular weight is 255 g/mol. The van der Waals surface area contributed by atoms with Crippen LogP contribution >= 0.6 is 23.2 Å². The molecular formula is C6HCl2FN2O4. The van der Waals surface area contributed by atoms with Gasteiger partial charge in [0.1, 0.15) is 0 Å². The maximum Gasteiger partial charge on any atom is 0.367 e. The van der Waals surface area contributed by atoms with Gasteiger partial charge in [-0.3, -0.25) is 20.2 Å². The molecule has 1 aromatic rings. The average Bonchev–Trinajstić information content (AvgIpc) is 2.12. The fourth-order valence-electron chi connectivity index (χ4n) is 0.886. The van der Waals surface area contributed by atoms with Gasteiger partial charge in [0, 0.05) is 6.07 Å². The van der Waals surface area contributed by atoms with E-state index in [0.717, 1.165) is 0 Å². The Hall–Kier alpha value is -1.47. The van der Waals surface area contributed by atoms with Crippen LogP contribution in [0.5, 0.6) is 0 Å². The Morgan fingerprint density at radius 2 is 1.73 bits per heavy atom. The molecule has 1 aromatic carbocycles.